The highest BCUT2D eigenvalue weighted by atomic mass is 32.2. The molecule has 158 valence electrons. The highest BCUT2D eigenvalue weighted by molar-refractivity contribution is 7.85. The molecule has 5 rings (SSSR count). The maximum absolute atomic E-state index is 13.3. The minimum Gasteiger partial charge on any atom is -0.396 e. The van der Waals surface area contributed by atoms with Gasteiger partial charge in [0.15, 0.2) is 5.78 Å². The van der Waals surface area contributed by atoms with Gasteiger partial charge in [0, 0.05) is 12.0 Å². The zero-order valence-corrected chi connectivity index (χ0v) is 17.6. The zero-order valence-electron chi connectivity index (χ0n) is 16.8. The van der Waals surface area contributed by atoms with Crippen molar-refractivity contribution in [2.24, 2.45) is 34.0 Å². The number of hydrogen-bond acceptors (Lipinski definition) is 6. The van der Waals surface area contributed by atoms with E-state index in [0.717, 1.165) is 38.4 Å². The maximum Gasteiger partial charge on any atom is 0.264 e. The SMILES string of the molecule is C=C1C(=O)[C@]23CC[C@H]1CC2[C@]1(CO)CCC[C@@](C)(COS(C)(=O)=O)C1C[C@H]3O. The van der Waals surface area contributed by atoms with E-state index in [1.165, 1.54) is 0 Å². The Hall–Kier alpha value is -0.760. The van der Waals surface area contributed by atoms with Crippen molar-refractivity contribution in [1.82, 2.24) is 0 Å². The second-order valence-corrected chi connectivity index (χ2v) is 11.7. The van der Waals surface area contributed by atoms with Crippen LogP contribution in [0.25, 0.3) is 0 Å². The van der Waals surface area contributed by atoms with Crippen molar-refractivity contribution >= 4 is 15.9 Å². The van der Waals surface area contributed by atoms with Crippen LogP contribution in [-0.2, 0) is 19.1 Å². The van der Waals surface area contributed by atoms with Crippen LogP contribution in [0.5, 0.6) is 0 Å². The second kappa shape index (κ2) is 6.37. The number of carbonyl (C=O) groups is 1. The van der Waals surface area contributed by atoms with E-state index in [1.807, 2.05) is 6.92 Å². The fraction of sp³-hybridized carbons (Fsp3) is 0.857. The summed E-state index contributed by atoms with van der Waals surface area (Å²) in [6, 6.07) is 0. The third-order valence-corrected chi connectivity index (χ3v) is 9.37. The number of Topliss-reactive ketones (excluding diaryl/α,β-unsaturated/α-hetero) is 1. The highest BCUT2D eigenvalue weighted by Crippen LogP contribution is 2.71. The molecule has 0 amide bonds. The van der Waals surface area contributed by atoms with Gasteiger partial charge in [-0.05, 0) is 67.3 Å². The van der Waals surface area contributed by atoms with Crippen LogP contribution in [0, 0.1) is 34.0 Å². The Kier molecular flexibility index (Phi) is 4.66. The maximum atomic E-state index is 13.3. The van der Waals surface area contributed by atoms with Gasteiger partial charge in [0.25, 0.3) is 10.1 Å². The number of aliphatic hydroxyl groups excluding tert-OH is 2. The van der Waals surface area contributed by atoms with Gasteiger partial charge in [-0.2, -0.15) is 8.42 Å². The topological polar surface area (TPSA) is 101 Å². The summed E-state index contributed by atoms with van der Waals surface area (Å²) >= 11 is 0. The average molecular weight is 413 g/mol. The number of allylic oxidation sites excluding steroid dienone is 1. The molecule has 2 unspecified atom stereocenters. The standard InChI is InChI=1S/C21H32O6S/c1-13-14-5-8-21(18(13)24)16(9-14)20(11-22)7-4-6-19(2,12-27-28(3,25)26)15(20)10-17(21)23/h14-17,22-23H,1,4-12H2,2-3H3/t14-,15?,16?,17+,19-,20-,21+/m0/s1. The summed E-state index contributed by atoms with van der Waals surface area (Å²) in [5.41, 5.74) is -1.14. The monoisotopic (exact) mass is 412 g/mol. The fourth-order valence-electron chi connectivity index (χ4n) is 7.52. The zero-order chi connectivity index (χ0) is 20.5. The number of ketones is 1. The van der Waals surface area contributed by atoms with Crippen LogP contribution in [-0.4, -0.2) is 50.0 Å². The van der Waals surface area contributed by atoms with Gasteiger partial charge in [-0.3, -0.25) is 8.98 Å². The number of fused-ring (bicyclic) bond motifs is 3. The van der Waals surface area contributed by atoms with Gasteiger partial charge in [-0.25, -0.2) is 0 Å². The molecule has 2 N–H and O–H groups in total. The van der Waals surface area contributed by atoms with E-state index in [0.29, 0.717) is 18.4 Å². The highest BCUT2D eigenvalue weighted by Gasteiger charge is 2.71. The van der Waals surface area contributed by atoms with Gasteiger partial charge in [0.1, 0.15) is 0 Å². The number of carbonyl (C=O) groups excluding carboxylic acids is 1. The fourth-order valence-corrected chi connectivity index (χ4v) is 8.00. The number of hydrogen-bond donors (Lipinski definition) is 2. The third kappa shape index (κ3) is 2.62. The lowest BCUT2D eigenvalue weighted by molar-refractivity contribution is -0.232. The Morgan fingerprint density at radius 2 is 1.93 bits per heavy atom. The Morgan fingerprint density at radius 3 is 2.57 bits per heavy atom. The molecule has 5 aliphatic carbocycles. The molecule has 1 spiro atoms. The quantitative estimate of drug-likeness (QED) is 0.541. The number of rotatable bonds is 4. The number of aliphatic hydroxyl groups is 2. The Balaban J connectivity index is 1.77. The van der Waals surface area contributed by atoms with E-state index >= 15 is 0 Å². The van der Waals surface area contributed by atoms with Crippen LogP contribution in [0.2, 0.25) is 0 Å². The van der Waals surface area contributed by atoms with Crippen LogP contribution in [0.1, 0.15) is 51.9 Å². The summed E-state index contributed by atoms with van der Waals surface area (Å²) in [6.45, 7) is 6.05. The summed E-state index contributed by atoms with van der Waals surface area (Å²) in [5.74, 6) is -0.0486. The molecule has 0 aromatic carbocycles. The molecule has 7 atom stereocenters. The van der Waals surface area contributed by atoms with Crippen molar-refractivity contribution in [3.05, 3.63) is 12.2 Å². The van der Waals surface area contributed by atoms with Crippen LogP contribution >= 0.6 is 0 Å². The average Bonchev–Trinajstić information content (AvgIpc) is 2.65. The van der Waals surface area contributed by atoms with E-state index in [1.54, 1.807) is 0 Å². The molecule has 5 aliphatic rings. The summed E-state index contributed by atoms with van der Waals surface area (Å²) in [6.07, 6.45) is 5.40. The molecule has 0 radical (unpaired) electrons. The molecule has 0 heterocycles. The van der Waals surface area contributed by atoms with E-state index < -0.39 is 32.5 Å². The smallest absolute Gasteiger partial charge is 0.264 e. The first-order chi connectivity index (χ1) is 13.0. The molecule has 0 aromatic rings. The molecule has 0 aromatic heterocycles. The predicted molar refractivity (Wildman–Crippen MR) is 104 cm³/mol. The van der Waals surface area contributed by atoms with Crippen molar-refractivity contribution in [2.45, 2.75) is 58.0 Å². The molecular formula is C21H32O6S. The third-order valence-electron chi connectivity index (χ3n) is 8.83. The first-order valence-electron chi connectivity index (χ1n) is 10.4. The molecule has 28 heavy (non-hydrogen) atoms. The molecule has 6 nitrogen and oxygen atoms in total. The molecule has 5 fully saturated rings. The van der Waals surface area contributed by atoms with Crippen LogP contribution in [0.4, 0.5) is 0 Å². The van der Waals surface area contributed by atoms with Crippen molar-refractivity contribution < 1.29 is 27.6 Å². The van der Waals surface area contributed by atoms with Gasteiger partial charge in [-0.1, -0.05) is 19.9 Å². The van der Waals surface area contributed by atoms with Crippen LogP contribution < -0.4 is 0 Å². The van der Waals surface area contributed by atoms with Gasteiger partial charge in [0.05, 0.1) is 24.4 Å². The lowest BCUT2D eigenvalue weighted by Crippen LogP contribution is -2.70. The van der Waals surface area contributed by atoms with Crippen molar-refractivity contribution in [1.29, 1.82) is 0 Å². The van der Waals surface area contributed by atoms with Gasteiger partial charge in [-0.15, -0.1) is 0 Å². The Bertz CT molecular complexity index is 806. The van der Waals surface area contributed by atoms with E-state index in [9.17, 15) is 23.4 Å². The molecular weight excluding hydrogens is 380 g/mol. The lowest BCUT2D eigenvalue weighted by Gasteiger charge is -2.68. The second-order valence-electron chi connectivity index (χ2n) is 10.1. The molecule has 0 saturated heterocycles. The summed E-state index contributed by atoms with van der Waals surface area (Å²) < 4.78 is 28.5. The lowest BCUT2D eigenvalue weighted by atomic mass is 9.35. The minimum absolute atomic E-state index is 0.00145. The molecule has 5 saturated carbocycles. The van der Waals surface area contributed by atoms with Crippen molar-refractivity contribution in [2.75, 3.05) is 19.5 Å². The first-order valence-corrected chi connectivity index (χ1v) is 12.2. The van der Waals surface area contributed by atoms with Gasteiger partial charge in [0.2, 0.25) is 0 Å². The molecule has 7 heteroatoms. The summed E-state index contributed by atoms with van der Waals surface area (Å²) in [7, 11) is -3.58. The first kappa shape index (κ1) is 20.5. The summed E-state index contributed by atoms with van der Waals surface area (Å²) in [5, 5.41) is 21.9. The predicted octanol–water partition coefficient (Wildman–Crippen LogP) is 2.05. The van der Waals surface area contributed by atoms with Crippen molar-refractivity contribution in [3.8, 4) is 0 Å². The Morgan fingerprint density at radius 1 is 1.21 bits per heavy atom. The Labute approximate surface area is 167 Å². The van der Waals surface area contributed by atoms with E-state index in [2.05, 4.69) is 6.58 Å². The van der Waals surface area contributed by atoms with Crippen molar-refractivity contribution in [3.63, 3.8) is 0 Å². The van der Waals surface area contributed by atoms with Crippen LogP contribution in [0.15, 0.2) is 12.2 Å². The minimum atomic E-state index is -3.58. The van der Waals surface area contributed by atoms with E-state index in [-0.39, 0.29) is 36.8 Å². The largest absolute Gasteiger partial charge is 0.396 e. The van der Waals surface area contributed by atoms with Gasteiger partial charge >= 0.3 is 0 Å². The molecule has 2 bridgehead atoms. The van der Waals surface area contributed by atoms with Crippen LogP contribution in [0.3, 0.4) is 0 Å². The normalized spacial score (nSPS) is 48.3. The van der Waals surface area contributed by atoms with Gasteiger partial charge < -0.3 is 10.2 Å². The summed E-state index contributed by atoms with van der Waals surface area (Å²) in [4.78, 5) is 13.3. The van der Waals surface area contributed by atoms with E-state index in [4.69, 9.17) is 4.18 Å². The molecule has 0 aliphatic heterocycles.